The Labute approximate surface area is 206 Å². The molecule has 0 saturated carbocycles. The molecular formula is C27H22N2O7. The van der Waals surface area contributed by atoms with E-state index in [4.69, 9.17) is 24.2 Å². The first kappa shape index (κ1) is 21.9. The number of anilines is 1. The van der Waals surface area contributed by atoms with Crippen LogP contribution < -0.4 is 19.5 Å². The van der Waals surface area contributed by atoms with E-state index in [1.807, 2.05) is 24.3 Å². The molecule has 4 atom stereocenters. The molecule has 0 unspecified atom stereocenters. The van der Waals surface area contributed by atoms with Gasteiger partial charge in [0.05, 0.1) is 37.3 Å². The molecule has 0 spiro atoms. The number of hydrogen-bond donors (Lipinski definition) is 3. The second kappa shape index (κ2) is 8.27. The fourth-order valence-electron chi connectivity index (χ4n) is 5.52. The number of nitrogens with one attached hydrogen (secondary N) is 1. The van der Waals surface area contributed by atoms with E-state index >= 15 is 0 Å². The zero-order chi connectivity index (χ0) is 25.0. The average molecular weight is 486 g/mol. The average Bonchev–Trinajstić information content (AvgIpc) is 3.51. The van der Waals surface area contributed by atoms with Gasteiger partial charge in [-0.25, -0.2) is 0 Å². The monoisotopic (exact) mass is 486 g/mol. The van der Waals surface area contributed by atoms with Gasteiger partial charge in [-0.2, -0.15) is 5.26 Å². The second-order valence-electron chi connectivity index (χ2n) is 9.03. The molecular weight excluding hydrogens is 464 g/mol. The van der Waals surface area contributed by atoms with Crippen molar-refractivity contribution in [2.45, 2.75) is 12.0 Å². The molecule has 0 amide bonds. The maximum atomic E-state index is 13.1. The summed E-state index contributed by atoms with van der Waals surface area (Å²) in [6.45, 7) is 0.308. The SMILES string of the molecule is COc1cc([C@@H]2c3cc4c(cc3[C@@H](Nc3ccc(C#N)cc3)[C@H]3COC(=O)[C@H]23)OCO4)cc(O)c1O. The third-order valence-corrected chi connectivity index (χ3v) is 7.18. The Morgan fingerprint density at radius 2 is 1.75 bits per heavy atom. The molecule has 1 aliphatic carbocycles. The van der Waals surface area contributed by atoms with Crippen molar-refractivity contribution in [2.75, 3.05) is 25.8 Å². The number of nitriles is 1. The molecule has 6 rings (SSSR count). The number of ether oxygens (including phenoxy) is 4. The van der Waals surface area contributed by atoms with E-state index in [0.29, 0.717) is 22.6 Å². The fourth-order valence-corrected chi connectivity index (χ4v) is 5.52. The summed E-state index contributed by atoms with van der Waals surface area (Å²) in [5.74, 6) is -1.07. The molecule has 9 heteroatoms. The van der Waals surface area contributed by atoms with E-state index in [-0.39, 0.29) is 48.6 Å². The number of phenolic OH excluding ortho intramolecular Hbond substituents is 2. The summed E-state index contributed by atoms with van der Waals surface area (Å²) in [7, 11) is 1.40. The fraction of sp³-hybridized carbons (Fsp3) is 0.259. The summed E-state index contributed by atoms with van der Waals surface area (Å²) in [6.07, 6.45) is 0. The van der Waals surface area contributed by atoms with Gasteiger partial charge in [0, 0.05) is 17.5 Å². The molecule has 1 saturated heterocycles. The van der Waals surface area contributed by atoms with Crippen LogP contribution >= 0.6 is 0 Å². The van der Waals surface area contributed by atoms with Gasteiger partial charge in [-0.3, -0.25) is 4.79 Å². The third kappa shape index (κ3) is 3.33. The number of phenols is 2. The normalized spacial score (nSPS) is 23.3. The number of nitrogens with zero attached hydrogens (tertiary/aromatic N) is 1. The summed E-state index contributed by atoms with van der Waals surface area (Å²) in [5.41, 5.74) is 3.67. The van der Waals surface area contributed by atoms with Gasteiger partial charge in [-0.1, -0.05) is 0 Å². The lowest BCUT2D eigenvalue weighted by atomic mass is 9.65. The molecule has 3 aliphatic rings. The van der Waals surface area contributed by atoms with Crippen molar-refractivity contribution in [1.29, 1.82) is 5.26 Å². The third-order valence-electron chi connectivity index (χ3n) is 7.18. The van der Waals surface area contributed by atoms with Crippen LogP contribution in [0.2, 0.25) is 0 Å². The molecule has 36 heavy (non-hydrogen) atoms. The molecule has 2 aliphatic heterocycles. The number of cyclic esters (lactones) is 1. The Hall–Kier alpha value is -4.58. The Bertz CT molecular complexity index is 1410. The molecule has 1 fully saturated rings. The van der Waals surface area contributed by atoms with E-state index < -0.39 is 11.8 Å². The first-order valence-corrected chi connectivity index (χ1v) is 11.4. The predicted octanol–water partition coefficient (Wildman–Crippen LogP) is 3.79. The standard InChI is InChI=1S/C27H22N2O7/c1-33-22-7-14(6-19(30)26(22)31)23-16-8-20-21(36-12-35-20)9-17(16)25(18-11-34-27(32)24(18)23)29-15-4-2-13(10-28)3-5-15/h2-9,18,23-25,29-31H,11-12H2,1H3/t18-,23+,24-,25+/m0/s1. The predicted molar refractivity (Wildman–Crippen MR) is 126 cm³/mol. The van der Waals surface area contributed by atoms with Gasteiger partial charge in [0.1, 0.15) is 0 Å². The van der Waals surface area contributed by atoms with Crippen molar-refractivity contribution in [3.8, 4) is 34.8 Å². The van der Waals surface area contributed by atoms with E-state index in [1.165, 1.54) is 13.2 Å². The lowest BCUT2D eigenvalue weighted by molar-refractivity contribution is -0.141. The smallest absolute Gasteiger partial charge is 0.310 e. The minimum atomic E-state index is -0.567. The largest absolute Gasteiger partial charge is 0.504 e. The molecule has 3 N–H and O–H groups in total. The summed E-state index contributed by atoms with van der Waals surface area (Å²) >= 11 is 0. The molecule has 0 radical (unpaired) electrons. The highest BCUT2D eigenvalue weighted by atomic mass is 16.7. The van der Waals surface area contributed by atoms with Crippen LogP contribution in [-0.2, 0) is 9.53 Å². The Morgan fingerprint density at radius 1 is 1.03 bits per heavy atom. The summed E-state index contributed by atoms with van der Waals surface area (Å²) < 4.78 is 22.2. The second-order valence-corrected chi connectivity index (χ2v) is 9.03. The van der Waals surface area contributed by atoms with Crippen molar-refractivity contribution in [3.63, 3.8) is 0 Å². The minimum Gasteiger partial charge on any atom is -0.504 e. The number of carbonyl (C=O) groups excluding carboxylic acids is 1. The first-order valence-electron chi connectivity index (χ1n) is 11.4. The molecule has 3 aromatic carbocycles. The van der Waals surface area contributed by atoms with E-state index in [2.05, 4.69) is 11.4 Å². The van der Waals surface area contributed by atoms with Crippen molar-refractivity contribution < 1.29 is 34.0 Å². The van der Waals surface area contributed by atoms with Gasteiger partial charge >= 0.3 is 5.97 Å². The topological polar surface area (TPSA) is 130 Å². The molecule has 9 nitrogen and oxygen atoms in total. The van der Waals surface area contributed by atoms with Crippen LogP contribution in [0.15, 0.2) is 48.5 Å². The molecule has 2 heterocycles. The van der Waals surface area contributed by atoms with Gasteiger partial charge in [-0.05, 0) is 65.2 Å². The van der Waals surface area contributed by atoms with Crippen LogP contribution in [0.5, 0.6) is 28.7 Å². The summed E-state index contributed by atoms with van der Waals surface area (Å²) in [5, 5.41) is 33.3. The van der Waals surface area contributed by atoms with Gasteiger partial charge in [0.2, 0.25) is 12.5 Å². The van der Waals surface area contributed by atoms with Crippen LogP contribution in [-0.4, -0.2) is 36.7 Å². The van der Waals surface area contributed by atoms with Crippen LogP contribution in [0.25, 0.3) is 0 Å². The van der Waals surface area contributed by atoms with E-state index in [9.17, 15) is 15.0 Å². The van der Waals surface area contributed by atoms with Crippen LogP contribution in [0.3, 0.4) is 0 Å². The number of carbonyl (C=O) groups is 1. The Morgan fingerprint density at radius 3 is 2.44 bits per heavy atom. The number of rotatable bonds is 4. The van der Waals surface area contributed by atoms with Crippen molar-refractivity contribution in [1.82, 2.24) is 0 Å². The molecule has 182 valence electrons. The van der Waals surface area contributed by atoms with Crippen molar-refractivity contribution in [2.24, 2.45) is 11.8 Å². The highest BCUT2D eigenvalue weighted by Crippen LogP contribution is 2.56. The lowest BCUT2D eigenvalue weighted by Crippen LogP contribution is -2.37. The molecule has 0 aromatic heterocycles. The van der Waals surface area contributed by atoms with Crippen molar-refractivity contribution >= 4 is 11.7 Å². The zero-order valence-corrected chi connectivity index (χ0v) is 19.2. The van der Waals surface area contributed by atoms with Crippen molar-refractivity contribution in [3.05, 3.63) is 70.8 Å². The molecule has 0 bridgehead atoms. The van der Waals surface area contributed by atoms with Crippen LogP contribution in [0.1, 0.15) is 34.2 Å². The number of methoxy groups -OCH3 is 1. The van der Waals surface area contributed by atoms with Gasteiger partial charge in [-0.15, -0.1) is 0 Å². The minimum absolute atomic E-state index is 0.0966. The van der Waals surface area contributed by atoms with Gasteiger partial charge < -0.3 is 34.5 Å². The van der Waals surface area contributed by atoms with Gasteiger partial charge in [0.25, 0.3) is 0 Å². The highest BCUT2D eigenvalue weighted by Gasteiger charge is 2.52. The van der Waals surface area contributed by atoms with Crippen LogP contribution in [0.4, 0.5) is 5.69 Å². The number of hydrogen-bond acceptors (Lipinski definition) is 9. The quantitative estimate of drug-likeness (QED) is 0.372. The summed E-state index contributed by atoms with van der Waals surface area (Å²) in [4.78, 5) is 13.1. The summed E-state index contributed by atoms with van der Waals surface area (Å²) in [6, 6.07) is 15.8. The Balaban J connectivity index is 1.53. The van der Waals surface area contributed by atoms with E-state index in [1.54, 1.807) is 18.2 Å². The first-order chi connectivity index (χ1) is 17.5. The Kier molecular flexibility index (Phi) is 5.04. The zero-order valence-electron chi connectivity index (χ0n) is 19.2. The lowest BCUT2D eigenvalue weighted by Gasteiger charge is -2.40. The van der Waals surface area contributed by atoms with Gasteiger partial charge in [0.15, 0.2) is 23.0 Å². The van der Waals surface area contributed by atoms with E-state index in [0.717, 1.165) is 16.8 Å². The number of aromatic hydroxyl groups is 2. The van der Waals surface area contributed by atoms with Crippen LogP contribution in [0, 0.1) is 23.2 Å². The maximum absolute atomic E-state index is 13.1. The highest BCUT2D eigenvalue weighted by molar-refractivity contribution is 5.79. The maximum Gasteiger partial charge on any atom is 0.310 e. The number of benzene rings is 3. The number of esters is 1. The number of fused-ring (bicyclic) bond motifs is 3. The molecule has 3 aromatic rings.